The molecule has 0 aliphatic heterocycles. The smallest absolute Gasteiger partial charge is 0.384 e. The molecule has 148 valence electrons. The fourth-order valence-corrected chi connectivity index (χ4v) is 3.77. The first-order valence-corrected chi connectivity index (χ1v) is 10.0. The zero-order valence-corrected chi connectivity index (χ0v) is 15.5. The lowest BCUT2D eigenvalue weighted by Crippen LogP contribution is -2.26. The van der Waals surface area contributed by atoms with Crippen LogP contribution in [0.4, 0.5) is 18.9 Å². The number of sulfonamides is 1. The molecule has 1 heterocycles. The van der Waals surface area contributed by atoms with Crippen molar-refractivity contribution in [2.45, 2.75) is 17.5 Å². The molecule has 3 rings (SSSR count). The SMILES string of the molecule is O=S(=O)(NCCCNc1ccnc2cc(C(F)(F)F)ccc12)c1ccccc1. The van der Waals surface area contributed by atoms with Gasteiger partial charge in [-0.25, -0.2) is 13.1 Å². The van der Waals surface area contributed by atoms with Crippen LogP contribution in [0, 0.1) is 0 Å². The summed E-state index contributed by atoms with van der Waals surface area (Å²) in [4.78, 5) is 4.19. The maximum atomic E-state index is 12.8. The third-order valence-corrected chi connectivity index (χ3v) is 5.56. The molecular formula is C19H18F3N3O2S. The van der Waals surface area contributed by atoms with Crippen LogP contribution in [0.25, 0.3) is 10.9 Å². The van der Waals surface area contributed by atoms with Gasteiger partial charge in [-0.15, -0.1) is 0 Å². The predicted octanol–water partition coefficient (Wildman–Crippen LogP) is 4.03. The second kappa shape index (κ2) is 8.15. The third-order valence-electron chi connectivity index (χ3n) is 4.08. The summed E-state index contributed by atoms with van der Waals surface area (Å²) < 4.78 is 65.2. The van der Waals surface area contributed by atoms with Crippen molar-refractivity contribution in [2.75, 3.05) is 18.4 Å². The molecule has 0 atom stereocenters. The van der Waals surface area contributed by atoms with Crippen molar-refractivity contribution in [1.82, 2.24) is 9.71 Å². The van der Waals surface area contributed by atoms with Crippen LogP contribution in [-0.2, 0) is 16.2 Å². The number of benzene rings is 2. The van der Waals surface area contributed by atoms with Crippen LogP contribution in [0.2, 0.25) is 0 Å². The van der Waals surface area contributed by atoms with Gasteiger partial charge in [0.05, 0.1) is 16.0 Å². The van der Waals surface area contributed by atoms with Crippen molar-refractivity contribution in [3.05, 3.63) is 66.4 Å². The molecule has 0 unspecified atom stereocenters. The van der Waals surface area contributed by atoms with Gasteiger partial charge in [0.2, 0.25) is 10.0 Å². The van der Waals surface area contributed by atoms with Crippen LogP contribution in [0.5, 0.6) is 0 Å². The van der Waals surface area contributed by atoms with Crippen LogP contribution in [-0.4, -0.2) is 26.5 Å². The van der Waals surface area contributed by atoms with E-state index in [0.29, 0.717) is 24.0 Å². The lowest BCUT2D eigenvalue weighted by Gasteiger charge is -2.12. The lowest BCUT2D eigenvalue weighted by molar-refractivity contribution is -0.137. The molecule has 0 amide bonds. The molecule has 0 spiro atoms. The standard InChI is InChI=1S/C19H18F3N3O2S/c20-19(21,22)14-7-8-16-17(9-12-24-18(16)13-14)23-10-4-11-25-28(26,27)15-5-2-1-3-6-15/h1-3,5-9,12-13,25H,4,10-11H2,(H,23,24). The summed E-state index contributed by atoms with van der Waals surface area (Å²) >= 11 is 0. The first kappa shape index (κ1) is 20.1. The highest BCUT2D eigenvalue weighted by atomic mass is 32.2. The number of pyridine rings is 1. The van der Waals surface area contributed by atoms with Crippen LogP contribution in [0.1, 0.15) is 12.0 Å². The lowest BCUT2D eigenvalue weighted by atomic mass is 10.1. The number of nitrogens with one attached hydrogen (secondary N) is 2. The van der Waals surface area contributed by atoms with Gasteiger partial charge in [-0.3, -0.25) is 4.98 Å². The van der Waals surface area contributed by atoms with E-state index in [1.807, 2.05) is 0 Å². The zero-order chi connectivity index (χ0) is 20.2. The Morgan fingerprint density at radius 3 is 2.43 bits per heavy atom. The Balaban J connectivity index is 1.59. The van der Waals surface area contributed by atoms with Gasteiger partial charge in [0, 0.05) is 30.4 Å². The number of hydrogen-bond acceptors (Lipinski definition) is 4. The van der Waals surface area contributed by atoms with E-state index in [0.717, 1.165) is 12.1 Å². The Morgan fingerprint density at radius 2 is 1.71 bits per heavy atom. The summed E-state index contributed by atoms with van der Waals surface area (Å²) in [6.07, 6.45) is -2.49. The normalized spacial score (nSPS) is 12.2. The van der Waals surface area contributed by atoms with Crippen molar-refractivity contribution >= 4 is 26.6 Å². The molecule has 0 radical (unpaired) electrons. The number of rotatable bonds is 7. The molecule has 0 aliphatic rings. The molecule has 2 aromatic carbocycles. The minimum atomic E-state index is -4.42. The molecule has 0 bridgehead atoms. The molecule has 0 saturated carbocycles. The maximum absolute atomic E-state index is 12.8. The van der Waals surface area contributed by atoms with Gasteiger partial charge < -0.3 is 5.32 Å². The summed E-state index contributed by atoms with van der Waals surface area (Å²) in [7, 11) is -3.55. The number of nitrogens with zero attached hydrogens (tertiary/aromatic N) is 1. The molecule has 9 heteroatoms. The second-order valence-electron chi connectivity index (χ2n) is 6.08. The van der Waals surface area contributed by atoms with E-state index in [4.69, 9.17) is 0 Å². The Morgan fingerprint density at radius 1 is 0.964 bits per heavy atom. The first-order chi connectivity index (χ1) is 13.3. The van der Waals surface area contributed by atoms with E-state index in [-0.39, 0.29) is 17.0 Å². The molecule has 2 N–H and O–H groups in total. The fourth-order valence-electron chi connectivity index (χ4n) is 2.68. The summed E-state index contributed by atoms with van der Waals surface area (Å²) in [5, 5.41) is 3.69. The molecule has 3 aromatic rings. The zero-order valence-electron chi connectivity index (χ0n) is 14.7. The Bertz CT molecular complexity index is 1050. The van der Waals surface area contributed by atoms with Crippen LogP contribution in [0.3, 0.4) is 0 Å². The van der Waals surface area contributed by atoms with E-state index >= 15 is 0 Å². The van der Waals surface area contributed by atoms with Gasteiger partial charge in [0.1, 0.15) is 0 Å². The van der Waals surface area contributed by atoms with Gasteiger partial charge in [-0.2, -0.15) is 13.2 Å². The Hall–Kier alpha value is -2.65. The molecule has 0 fully saturated rings. The summed E-state index contributed by atoms with van der Waals surface area (Å²) in [6, 6.07) is 13.1. The van der Waals surface area contributed by atoms with E-state index in [1.165, 1.54) is 24.4 Å². The van der Waals surface area contributed by atoms with Crippen molar-refractivity contribution in [2.24, 2.45) is 0 Å². The highest BCUT2D eigenvalue weighted by Gasteiger charge is 2.30. The van der Waals surface area contributed by atoms with Crippen LogP contribution in [0.15, 0.2) is 65.7 Å². The minimum absolute atomic E-state index is 0.198. The summed E-state index contributed by atoms with van der Waals surface area (Å²) in [5.74, 6) is 0. The average Bonchev–Trinajstić information content (AvgIpc) is 2.67. The van der Waals surface area contributed by atoms with Gasteiger partial charge in [0.15, 0.2) is 0 Å². The number of alkyl halides is 3. The number of aromatic nitrogens is 1. The highest BCUT2D eigenvalue weighted by Crippen LogP contribution is 2.32. The maximum Gasteiger partial charge on any atom is 0.416 e. The van der Waals surface area contributed by atoms with Crippen molar-refractivity contribution in [3.63, 3.8) is 0 Å². The van der Waals surface area contributed by atoms with Gasteiger partial charge in [-0.05, 0) is 36.8 Å². The topological polar surface area (TPSA) is 71.1 Å². The largest absolute Gasteiger partial charge is 0.416 e. The van der Waals surface area contributed by atoms with Crippen molar-refractivity contribution in [1.29, 1.82) is 0 Å². The van der Waals surface area contributed by atoms with E-state index in [1.54, 1.807) is 24.3 Å². The third kappa shape index (κ3) is 4.79. The van der Waals surface area contributed by atoms with Crippen molar-refractivity contribution < 1.29 is 21.6 Å². The van der Waals surface area contributed by atoms with Crippen LogP contribution < -0.4 is 10.0 Å². The molecule has 1 aromatic heterocycles. The molecule has 28 heavy (non-hydrogen) atoms. The van der Waals surface area contributed by atoms with E-state index in [9.17, 15) is 21.6 Å². The van der Waals surface area contributed by atoms with Crippen LogP contribution >= 0.6 is 0 Å². The molecule has 0 aliphatic carbocycles. The highest BCUT2D eigenvalue weighted by molar-refractivity contribution is 7.89. The average molecular weight is 409 g/mol. The van der Waals surface area contributed by atoms with Gasteiger partial charge in [0.25, 0.3) is 0 Å². The van der Waals surface area contributed by atoms with Crippen molar-refractivity contribution in [3.8, 4) is 0 Å². The number of fused-ring (bicyclic) bond motifs is 1. The molecule has 0 saturated heterocycles. The summed E-state index contributed by atoms with van der Waals surface area (Å²) in [6.45, 7) is 0.670. The van der Waals surface area contributed by atoms with Gasteiger partial charge >= 0.3 is 6.18 Å². The van der Waals surface area contributed by atoms with Gasteiger partial charge in [-0.1, -0.05) is 24.3 Å². The molecule has 5 nitrogen and oxygen atoms in total. The minimum Gasteiger partial charge on any atom is -0.384 e. The number of anilines is 1. The molecular weight excluding hydrogens is 391 g/mol. The second-order valence-corrected chi connectivity index (χ2v) is 7.85. The Kier molecular flexibility index (Phi) is 5.85. The monoisotopic (exact) mass is 409 g/mol. The summed E-state index contributed by atoms with van der Waals surface area (Å²) in [5.41, 5.74) is 0.134. The first-order valence-electron chi connectivity index (χ1n) is 8.52. The Labute approximate surface area is 160 Å². The van der Waals surface area contributed by atoms with E-state index < -0.39 is 21.8 Å². The van der Waals surface area contributed by atoms with E-state index in [2.05, 4.69) is 15.0 Å². The predicted molar refractivity (Wildman–Crippen MR) is 101 cm³/mol. The quantitative estimate of drug-likeness (QED) is 0.578. The number of halogens is 3. The number of hydrogen-bond donors (Lipinski definition) is 2. The fraction of sp³-hybridized carbons (Fsp3) is 0.211.